The molecule has 2 bridgehead atoms. The highest BCUT2D eigenvalue weighted by atomic mass is 19.4. The Morgan fingerprint density at radius 2 is 1.94 bits per heavy atom. The third-order valence-electron chi connectivity index (χ3n) is 3.63. The van der Waals surface area contributed by atoms with Crippen LogP contribution in [0.5, 0.6) is 0 Å². The summed E-state index contributed by atoms with van der Waals surface area (Å²) < 4.78 is 36.7. The fourth-order valence-electron chi connectivity index (χ4n) is 2.95. The van der Waals surface area contributed by atoms with Crippen LogP contribution >= 0.6 is 0 Å². The van der Waals surface area contributed by atoms with E-state index in [1.807, 2.05) is 0 Å². The molecule has 1 aliphatic heterocycles. The number of nitrogens with zero attached hydrogens (tertiary/aromatic N) is 1. The Morgan fingerprint density at radius 3 is 2.35 bits per heavy atom. The van der Waals surface area contributed by atoms with E-state index in [9.17, 15) is 22.8 Å². The number of amides is 1. The van der Waals surface area contributed by atoms with Gasteiger partial charge in [0.15, 0.2) is 0 Å². The number of carbonyl (C=O) groups excluding carboxylic acids is 1. The van der Waals surface area contributed by atoms with E-state index in [1.54, 1.807) is 0 Å². The van der Waals surface area contributed by atoms with Crippen LogP contribution < -0.4 is 0 Å². The topological polar surface area (TPSA) is 57.6 Å². The molecule has 2 aliphatic rings. The van der Waals surface area contributed by atoms with Crippen molar-refractivity contribution in [2.45, 2.75) is 31.5 Å². The van der Waals surface area contributed by atoms with Gasteiger partial charge in [0.25, 0.3) is 0 Å². The second-order valence-corrected chi connectivity index (χ2v) is 4.70. The van der Waals surface area contributed by atoms with Gasteiger partial charge in [0.05, 0.1) is 0 Å². The Balaban J connectivity index is 1.99. The zero-order chi connectivity index (χ0) is 12.8. The quantitative estimate of drug-likeness (QED) is 0.803. The summed E-state index contributed by atoms with van der Waals surface area (Å²) in [5.41, 5.74) is 0. The fraction of sp³-hybridized carbons (Fsp3) is 0.800. The van der Waals surface area contributed by atoms with Crippen molar-refractivity contribution >= 4 is 11.9 Å². The minimum atomic E-state index is -4.83. The maximum absolute atomic E-state index is 12.2. The second kappa shape index (κ2) is 3.89. The third kappa shape index (κ3) is 2.23. The highest BCUT2D eigenvalue weighted by Crippen LogP contribution is 2.44. The first-order valence-electron chi connectivity index (χ1n) is 5.38. The van der Waals surface area contributed by atoms with E-state index >= 15 is 0 Å². The number of hydrogen-bond acceptors (Lipinski definition) is 2. The molecule has 2 fully saturated rings. The zero-order valence-corrected chi connectivity index (χ0v) is 8.91. The highest BCUT2D eigenvalue weighted by molar-refractivity contribution is 5.82. The van der Waals surface area contributed by atoms with Crippen molar-refractivity contribution in [1.29, 1.82) is 0 Å². The zero-order valence-electron chi connectivity index (χ0n) is 8.91. The van der Waals surface area contributed by atoms with Crippen molar-refractivity contribution < 1.29 is 27.9 Å². The summed E-state index contributed by atoms with van der Waals surface area (Å²) in [6.07, 6.45) is -3.97. The molecule has 0 aromatic heterocycles. The molecule has 1 saturated carbocycles. The Hall–Kier alpha value is -1.27. The van der Waals surface area contributed by atoms with Crippen LogP contribution in [0.4, 0.5) is 13.2 Å². The number of aliphatic carboxylic acids is 1. The molecule has 1 heterocycles. The summed E-state index contributed by atoms with van der Waals surface area (Å²) in [6.45, 7) is 0.0426. The van der Waals surface area contributed by atoms with Crippen molar-refractivity contribution in [2.75, 3.05) is 6.54 Å². The minimum absolute atomic E-state index is 0.0186. The highest BCUT2D eigenvalue weighted by Gasteiger charge is 2.52. The molecule has 0 aromatic rings. The van der Waals surface area contributed by atoms with Gasteiger partial charge in [0.2, 0.25) is 0 Å². The number of carboxylic acid groups (broad SMARTS) is 1. The van der Waals surface area contributed by atoms with Crippen LogP contribution in [0.3, 0.4) is 0 Å². The molecule has 1 N–H and O–H groups in total. The van der Waals surface area contributed by atoms with Crippen LogP contribution in [0, 0.1) is 11.8 Å². The fourth-order valence-corrected chi connectivity index (χ4v) is 2.95. The first-order chi connectivity index (χ1) is 7.79. The van der Waals surface area contributed by atoms with Crippen molar-refractivity contribution in [2.24, 2.45) is 11.8 Å². The maximum Gasteiger partial charge on any atom is 0.471 e. The number of carbonyl (C=O) groups is 2. The molecular weight excluding hydrogens is 239 g/mol. The molecule has 0 spiro atoms. The summed E-state index contributed by atoms with van der Waals surface area (Å²) in [5, 5.41) is 8.65. The summed E-state index contributed by atoms with van der Waals surface area (Å²) in [7, 11) is 0. The number of halogens is 3. The van der Waals surface area contributed by atoms with Crippen LogP contribution in [-0.2, 0) is 9.59 Å². The molecule has 1 amide bonds. The summed E-state index contributed by atoms with van der Waals surface area (Å²) in [6, 6.07) is -0.432. The second-order valence-electron chi connectivity index (χ2n) is 4.70. The van der Waals surface area contributed by atoms with Gasteiger partial charge >= 0.3 is 18.1 Å². The Kier molecular flexibility index (Phi) is 2.79. The van der Waals surface area contributed by atoms with E-state index in [1.165, 1.54) is 0 Å². The molecule has 7 heteroatoms. The summed E-state index contributed by atoms with van der Waals surface area (Å²) in [4.78, 5) is 22.5. The average Bonchev–Trinajstić information content (AvgIpc) is 2.72. The van der Waals surface area contributed by atoms with Gasteiger partial charge in [-0.3, -0.25) is 9.59 Å². The van der Waals surface area contributed by atoms with Crippen LogP contribution in [0.2, 0.25) is 0 Å². The smallest absolute Gasteiger partial charge is 0.471 e. The van der Waals surface area contributed by atoms with Crippen LogP contribution in [-0.4, -0.2) is 40.6 Å². The maximum atomic E-state index is 12.2. The number of rotatable bonds is 2. The third-order valence-corrected chi connectivity index (χ3v) is 3.63. The van der Waals surface area contributed by atoms with E-state index in [2.05, 4.69) is 0 Å². The minimum Gasteiger partial charge on any atom is -0.481 e. The van der Waals surface area contributed by atoms with Gasteiger partial charge in [-0.1, -0.05) is 0 Å². The predicted molar refractivity (Wildman–Crippen MR) is 50.0 cm³/mol. The molecule has 1 saturated heterocycles. The standard InChI is InChI=1S/C10H12F3NO3/c11-10(12,13)9(17)14-4-6-2-7(14)1-5(6)3-8(15)16/h5-7H,1-4H2,(H,15,16). The van der Waals surface area contributed by atoms with Gasteiger partial charge in [-0.15, -0.1) is 0 Å². The van der Waals surface area contributed by atoms with Crippen LogP contribution in [0.15, 0.2) is 0 Å². The number of carboxylic acids is 1. The van der Waals surface area contributed by atoms with Crippen LogP contribution in [0.1, 0.15) is 19.3 Å². The Morgan fingerprint density at radius 1 is 1.29 bits per heavy atom. The van der Waals surface area contributed by atoms with E-state index < -0.39 is 24.1 Å². The van der Waals surface area contributed by atoms with Crippen LogP contribution in [0.25, 0.3) is 0 Å². The SMILES string of the molecule is O=C(O)CC1CC2CC1CN2C(=O)C(F)(F)F. The number of piperidine rings is 1. The van der Waals surface area contributed by atoms with Gasteiger partial charge < -0.3 is 10.0 Å². The van der Waals surface area contributed by atoms with E-state index in [-0.39, 0.29) is 24.8 Å². The molecule has 96 valence electrons. The van der Waals surface area contributed by atoms with Gasteiger partial charge in [0, 0.05) is 19.0 Å². The first-order valence-corrected chi connectivity index (χ1v) is 5.38. The van der Waals surface area contributed by atoms with Crippen molar-refractivity contribution in [3.05, 3.63) is 0 Å². The molecule has 17 heavy (non-hydrogen) atoms. The van der Waals surface area contributed by atoms with Gasteiger partial charge in [0.1, 0.15) is 0 Å². The number of alkyl halides is 3. The van der Waals surface area contributed by atoms with Crippen molar-refractivity contribution in [3.8, 4) is 0 Å². The first kappa shape index (κ1) is 12.2. The largest absolute Gasteiger partial charge is 0.481 e. The van der Waals surface area contributed by atoms with Crippen molar-refractivity contribution in [1.82, 2.24) is 4.90 Å². The molecule has 4 nitrogen and oxygen atoms in total. The predicted octanol–water partition coefficient (Wildman–Crippen LogP) is 1.26. The molecule has 3 unspecified atom stereocenters. The Bertz CT molecular complexity index is 355. The normalized spacial score (nSPS) is 31.9. The summed E-state index contributed by atoms with van der Waals surface area (Å²) in [5.74, 6) is -2.91. The van der Waals surface area contributed by atoms with Gasteiger partial charge in [-0.2, -0.15) is 13.2 Å². The lowest BCUT2D eigenvalue weighted by Crippen LogP contribution is -2.46. The lowest BCUT2D eigenvalue weighted by atomic mass is 9.91. The average molecular weight is 251 g/mol. The lowest BCUT2D eigenvalue weighted by molar-refractivity contribution is -0.187. The molecule has 2 rings (SSSR count). The lowest BCUT2D eigenvalue weighted by Gasteiger charge is -2.31. The number of likely N-dealkylation sites (tertiary alicyclic amines) is 1. The van der Waals surface area contributed by atoms with Gasteiger partial charge in [-0.25, -0.2) is 0 Å². The van der Waals surface area contributed by atoms with E-state index in [0.29, 0.717) is 12.8 Å². The number of fused-ring (bicyclic) bond motifs is 2. The van der Waals surface area contributed by atoms with Crippen molar-refractivity contribution in [3.63, 3.8) is 0 Å². The molecule has 0 radical (unpaired) electrons. The van der Waals surface area contributed by atoms with E-state index in [0.717, 1.165) is 4.90 Å². The molecule has 3 atom stereocenters. The number of hydrogen-bond donors (Lipinski definition) is 1. The molecule has 1 aliphatic carbocycles. The molecule has 0 aromatic carbocycles. The summed E-state index contributed by atoms with van der Waals surface area (Å²) >= 11 is 0. The van der Waals surface area contributed by atoms with Gasteiger partial charge in [-0.05, 0) is 24.7 Å². The van der Waals surface area contributed by atoms with E-state index in [4.69, 9.17) is 5.11 Å². The molecular formula is C10H12F3NO3. The monoisotopic (exact) mass is 251 g/mol. The Labute approximate surface area is 95.4 Å².